The van der Waals surface area contributed by atoms with Crippen LogP contribution in [0.4, 0.5) is 10.1 Å². The van der Waals surface area contributed by atoms with Gasteiger partial charge in [0.25, 0.3) is 5.91 Å². The molecule has 128 valence electrons. The number of rotatable bonds is 3. The number of halogens is 2. The normalized spacial score (nSPS) is 16.9. The highest BCUT2D eigenvalue weighted by Gasteiger charge is 2.30. The molecule has 3 rings (SSSR count). The first-order chi connectivity index (χ1) is 11.9. The maximum absolute atomic E-state index is 13.0. The quantitative estimate of drug-likeness (QED) is 0.712. The van der Waals surface area contributed by atoms with Crippen molar-refractivity contribution in [2.75, 3.05) is 5.32 Å². The van der Waals surface area contributed by atoms with Gasteiger partial charge in [-0.3, -0.25) is 4.79 Å². The van der Waals surface area contributed by atoms with Gasteiger partial charge in [0.15, 0.2) is 5.11 Å². The Kier molecular flexibility index (Phi) is 5.01. The molecule has 0 saturated heterocycles. The van der Waals surface area contributed by atoms with Crippen molar-refractivity contribution in [2.24, 2.45) is 0 Å². The van der Waals surface area contributed by atoms with Crippen LogP contribution in [0, 0.1) is 5.82 Å². The van der Waals surface area contributed by atoms with E-state index < -0.39 is 6.04 Å². The largest absolute Gasteiger partial charge is 0.351 e. The first kappa shape index (κ1) is 17.4. The average Bonchev–Trinajstić information content (AvgIpc) is 2.56. The number of benzene rings is 2. The summed E-state index contributed by atoms with van der Waals surface area (Å²) in [6, 6.07) is 12.4. The molecule has 0 aliphatic carbocycles. The zero-order chi connectivity index (χ0) is 18.0. The molecule has 1 amide bonds. The molecule has 1 heterocycles. The monoisotopic (exact) mass is 375 g/mol. The number of anilines is 1. The lowest BCUT2D eigenvalue weighted by Crippen LogP contribution is -2.45. The summed E-state index contributed by atoms with van der Waals surface area (Å²) in [6.07, 6.45) is 0. The van der Waals surface area contributed by atoms with E-state index in [9.17, 15) is 9.18 Å². The molecule has 25 heavy (non-hydrogen) atoms. The van der Waals surface area contributed by atoms with Crippen molar-refractivity contribution in [3.63, 3.8) is 0 Å². The maximum Gasteiger partial charge on any atom is 0.255 e. The lowest BCUT2D eigenvalue weighted by atomic mass is 9.95. The molecular formula is C18H15ClFN3OS. The summed E-state index contributed by atoms with van der Waals surface area (Å²) < 4.78 is 13.0. The average molecular weight is 376 g/mol. The molecule has 3 N–H and O–H groups in total. The Hall–Kier alpha value is -2.44. The number of carbonyl (C=O) groups excluding carboxylic acids is 1. The van der Waals surface area contributed by atoms with E-state index in [1.54, 1.807) is 19.1 Å². The third kappa shape index (κ3) is 3.97. The summed E-state index contributed by atoms with van der Waals surface area (Å²) >= 11 is 11.3. The van der Waals surface area contributed by atoms with Gasteiger partial charge in [-0.05, 0) is 61.1 Å². The van der Waals surface area contributed by atoms with E-state index in [0.717, 1.165) is 5.56 Å². The van der Waals surface area contributed by atoms with Gasteiger partial charge in [-0.25, -0.2) is 4.39 Å². The Morgan fingerprint density at radius 3 is 2.64 bits per heavy atom. The van der Waals surface area contributed by atoms with Crippen molar-refractivity contribution in [1.29, 1.82) is 0 Å². The molecule has 0 spiro atoms. The number of hydrogen-bond acceptors (Lipinski definition) is 2. The highest BCUT2D eigenvalue weighted by atomic mass is 35.5. The van der Waals surface area contributed by atoms with Crippen LogP contribution in [0.3, 0.4) is 0 Å². The summed E-state index contributed by atoms with van der Waals surface area (Å²) in [7, 11) is 0. The van der Waals surface area contributed by atoms with Crippen molar-refractivity contribution >= 4 is 40.5 Å². The Morgan fingerprint density at radius 2 is 1.96 bits per heavy atom. The van der Waals surface area contributed by atoms with Gasteiger partial charge in [0.05, 0.1) is 11.6 Å². The molecule has 0 radical (unpaired) electrons. The number of allylic oxidation sites excluding steroid dienone is 1. The Labute approximate surface area is 155 Å². The van der Waals surface area contributed by atoms with Crippen LogP contribution in [0.1, 0.15) is 18.5 Å². The maximum atomic E-state index is 13.0. The van der Waals surface area contributed by atoms with Crippen LogP contribution in [0.2, 0.25) is 5.02 Å². The minimum Gasteiger partial charge on any atom is -0.351 e. The highest BCUT2D eigenvalue weighted by molar-refractivity contribution is 7.80. The zero-order valence-corrected chi connectivity index (χ0v) is 14.8. The van der Waals surface area contributed by atoms with Crippen molar-refractivity contribution < 1.29 is 9.18 Å². The second-order valence-electron chi connectivity index (χ2n) is 5.59. The standard InChI is InChI=1S/C18H15ClFN3OS/c1-10-15(17(24)22-14-7-5-13(20)6-8-14)16(23-18(25)21-10)11-3-2-4-12(19)9-11/h2-9,16H,1H3,(H,22,24)(H2,21,23,25)/t16-/m0/s1. The van der Waals surface area contributed by atoms with E-state index in [-0.39, 0.29) is 11.7 Å². The van der Waals surface area contributed by atoms with Gasteiger partial charge in [0.2, 0.25) is 0 Å². The third-order valence-electron chi connectivity index (χ3n) is 3.80. The highest BCUT2D eigenvalue weighted by Crippen LogP contribution is 2.29. The summed E-state index contributed by atoms with van der Waals surface area (Å²) in [5, 5.41) is 9.84. The van der Waals surface area contributed by atoms with Gasteiger partial charge in [-0.15, -0.1) is 0 Å². The number of hydrogen-bond donors (Lipinski definition) is 3. The van der Waals surface area contributed by atoms with Crippen LogP contribution in [0.5, 0.6) is 0 Å². The van der Waals surface area contributed by atoms with Gasteiger partial charge < -0.3 is 16.0 Å². The van der Waals surface area contributed by atoms with E-state index in [0.29, 0.717) is 27.1 Å². The molecule has 0 saturated carbocycles. The molecule has 1 atom stereocenters. The Bertz CT molecular complexity index is 867. The predicted molar refractivity (Wildman–Crippen MR) is 101 cm³/mol. The van der Waals surface area contributed by atoms with Gasteiger partial charge in [-0.2, -0.15) is 0 Å². The zero-order valence-electron chi connectivity index (χ0n) is 13.3. The molecule has 2 aromatic rings. The van der Waals surface area contributed by atoms with Crippen molar-refractivity contribution in [3.05, 3.63) is 76.2 Å². The minimum absolute atomic E-state index is 0.309. The molecule has 4 nitrogen and oxygen atoms in total. The Morgan fingerprint density at radius 1 is 1.24 bits per heavy atom. The lowest BCUT2D eigenvalue weighted by molar-refractivity contribution is -0.113. The first-order valence-electron chi connectivity index (χ1n) is 7.54. The van der Waals surface area contributed by atoms with E-state index in [1.165, 1.54) is 24.3 Å². The van der Waals surface area contributed by atoms with E-state index in [4.69, 9.17) is 23.8 Å². The summed E-state index contributed by atoms with van der Waals surface area (Å²) in [4.78, 5) is 12.8. The van der Waals surface area contributed by atoms with E-state index in [2.05, 4.69) is 16.0 Å². The van der Waals surface area contributed by atoms with Crippen molar-refractivity contribution in [2.45, 2.75) is 13.0 Å². The lowest BCUT2D eigenvalue weighted by Gasteiger charge is -2.30. The number of nitrogens with one attached hydrogen (secondary N) is 3. The van der Waals surface area contributed by atoms with Gasteiger partial charge in [0.1, 0.15) is 5.82 Å². The van der Waals surface area contributed by atoms with Gasteiger partial charge >= 0.3 is 0 Å². The third-order valence-corrected chi connectivity index (χ3v) is 4.25. The molecular weight excluding hydrogens is 361 g/mol. The summed E-state index contributed by atoms with van der Waals surface area (Å²) in [5.74, 6) is -0.673. The van der Waals surface area contributed by atoms with Crippen LogP contribution in [-0.2, 0) is 4.79 Å². The topological polar surface area (TPSA) is 53.2 Å². The fraction of sp³-hybridized carbons (Fsp3) is 0.111. The molecule has 0 bridgehead atoms. The second kappa shape index (κ2) is 7.21. The van der Waals surface area contributed by atoms with Crippen LogP contribution < -0.4 is 16.0 Å². The van der Waals surface area contributed by atoms with Gasteiger partial charge in [-0.1, -0.05) is 23.7 Å². The molecule has 0 unspecified atom stereocenters. The van der Waals surface area contributed by atoms with Crippen LogP contribution >= 0.6 is 23.8 Å². The smallest absolute Gasteiger partial charge is 0.255 e. The van der Waals surface area contributed by atoms with E-state index >= 15 is 0 Å². The SMILES string of the molecule is CC1=C(C(=O)Nc2ccc(F)cc2)[C@H](c2cccc(Cl)c2)NC(=S)N1. The molecule has 0 aromatic heterocycles. The number of carbonyl (C=O) groups is 1. The molecule has 2 aromatic carbocycles. The van der Waals surface area contributed by atoms with Crippen LogP contribution in [0.15, 0.2) is 59.8 Å². The fourth-order valence-electron chi connectivity index (χ4n) is 2.66. The first-order valence-corrected chi connectivity index (χ1v) is 8.33. The predicted octanol–water partition coefficient (Wildman–Crippen LogP) is 3.91. The van der Waals surface area contributed by atoms with Crippen molar-refractivity contribution in [1.82, 2.24) is 10.6 Å². The second-order valence-corrected chi connectivity index (χ2v) is 6.43. The Balaban J connectivity index is 1.94. The van der Waals surface area contributed by atoms with Crippen LogP contribution in [-0.4, -0.2) is 11.0 Å². The van der Waals surface area contributed by atoms with E-state index in [1.807, 2.05) is 12.1 Å². The van der Waals surface area contributed by atoms with Crippen molar-refractivity contribution in [3.8, 4) is 0 Å². The van der Waals surface area contributed by atoms with Gasteiger partial charge in [0, 0.05) is 16.4 Å². The molecule has 7 heteroatoms. The summed E-state index contributed by atoms with van der Waals surface area (Å²) in [5.41, 5.74) is 2.46. The minimum atomic E-state index is -0.437. The molecule has 0 fully saturated rings. The molecule has 1 aliphatic heterocycles. The summed E-state index contributed by atoms with van der Waals surface area (Å²) in [6.45, 7) is 1.78. The fourth-order valence-corrected chi connectivity index (χ4v) is 3.13. The number of thiocarbonyl (C=S) groups is 1. The molecule has 1 aliphatic rings. The number of amides is 1. The van der Waals surface area contributed by atoms with Crippen LogP contribution in [0.25, 0.3) is 0 Å².